The van der Waals surface area contributed by atoms with E-state index in [2.05, 4.69) is 71.6 Å². The van der Waals surface area contributed by atoms with Gasteiger partial charge in [-0.15, -0.1) is 0 Å². The number of esters is 1. The molecule has 1 fully saturated rings. The number of hydrogen-bond donors (Lipinski definition) is 2. The predicted octanol–water partition coefficient (Wildman–Crippen LogP) is 6.04. The van der Waals surface area contributed by atoms with Gasteiger partial charge < -0.3 is 16.2 Å². The van der Waals surface area contributed by atoms with E-state index in [1.54, 1.807) is 37.3 Å². The van der Waals surface area contributed by atoms with Gasteiger partial charge in [0.25, 0.3) is 0 Å². The summed E-state index contributed by atoms with van der Waals surface area (Å²) in [7, 11) is 0. The van der Waals surface area contributed by atoms with Gasteiger partial charge in [0.15, 0.2) is 0 Å². The Morgan fingerprint density at radius 3 is 1.89 bits per heavy atom. The van der Waals surface area contributed by atoms with E-state index in [0.29, 0.717) is 34.5 Å². The van der Waals surface area contributed by atoms with E-state index >= 15 is 0 Å². The fourth-order valence-corrected chi connectivity index (χ4v) is 4.52. The number of nitrogens with two attached hydrogens (primary N) is 2. The van der Waals surface area contributed by atoms with Crippen molar-refractivity contribution in [1.29, 1.82) is 0 Å². The number of benzene rings is 3. The molecule has 0 aliphatic heterocycles. The second-order valence-corrected chi connectivity index (χ2v) is 9.12. The van der Waals surface area contributed by atoms with Gasteiger partial charge in [-0.05, 0) is 121 Å². The summed E-state index contributed by atoms with van der Waals surface area (Å²) < 4.78 is 5.48. The van der Waals surface area contributed by atoms with Crippen LogP contribution in [-0.4, -0.2) is 5.97 Å². The average Bonchev–Trinajstić information content (AvgIpc) is 2.93. The quantitative estimate of drug-likeness (QED) is 0.200. The fraction of sp³-hybridized carbons (Fsp3) is 0.206. The Morgan fingerprint density at radius 1 is 0.737 bits per heavy atom. The van der Waals surface area contributed by atoms with Crippen molar-refractivity contribution in [2.24, 2.45) is 5.92 Å². The molecule has 3 aromatic rings. The Balaban J connectivity index is 1.31. The fourth-order valence-electron chi connectivity index (χ4n) is 4.52. The first kappa shape index (κ1) is 26.0. The van der Waals surface area contributed by atoms with Crippen molar-refractivity contribution in [3.8, 4) is 64.2 Å². The maximum Gasteiger partial charge on any atom is 0.343 e. The molecule has 4 heteroatoms. The Labute approximate surface area is 224 Å². The molecule has 0 unspecified atom stereocenters. The Morgan fingerprint density at radius 2 is 1.29 bits per heavy atom. The number of carbonyl (C=O) groups excluding carboxylic acids is 1. The summed E-state index contributed by atoms with van der Waals surface area (Å²) in [5.74, 6) is 23.3. The first-order valence-corrected chi connectivity index (χ1v) is 12.5. The number of anilines is 2. The lowest BCUT2D eigenvalue weighted by Crippen LogP contribution is -2.12. The van der Waals surface area contributed by atoms with Crippen molar-refractivity contribution >= 4 is 17.3 Å². The van der Waals surface area contributed by atoms with Crippen molar-refractivity contribution < 1.29 is 9.53 Å². The summed E-state index contributed by atoms with van der Waals surface area (Å²) >= 11 is 0. The third-order valence-electron chi connectivity index (χ3n) is 6.43. The molecular weight excluding hydrogens is 468 g/mol. The molecule has 1 aliphatic carbocycles. The summed E-state index contributed by atoms with van der Waals surface area (Å²) in [5, 5.41) is 0. The summed E-state index contributed by atoms with van der Waals surface area (Å²) in [6.45, 7) is 1.75. The van der Waals surface area contributed by atoms with E-state index in [4.69, 9.17) is 16.2 Å². The highest BCUT2D eigenvalue weighted by Crippen LogP contribution is 2.36. The Bertz CT molecular complexity index is 1530. The van der Waals surface area contributed by atoms with Crippen LogP contribution in [0.5, 0.6) is 5.75 Å². The Hall–Kier alpha value is -5.03. The van der Waals surface area contributed by atoms with Gasteiger partial charge in [0.1, 0.15) is 5.75 Å². The molecule has 0 aromatic heterocycles. The van der Waals surface area contributed by atoms with Crippen LogP contribution < -0.4 is 16.2 Å². The van der Waals surface area contributed by atoms with E-state index in [1.165, 1.54) is 5.56 Å². The van der Waals surface area contributed by atoms with Gasteiger partial charge in [-0.1, -0.05) is 48.2 Å². The summed E-state index contributed by atoms with van der Waals surface area (Å²) in [4.78, 5) is 12.4. The van der Waals surface area contributed by atoms with E-state index in [1.807, 2.05) is 12.1 Å². The molecule has 0 spiro atoms. The highest BCUT2D eigenvalue weighted by atomic mass is 16.5. The molecule has 0 amide bonds. The van der Waals surface area contributed by atoms with Gasteiger partial charge in [0.2, 0.25) is 0 Å². The lowest BCUT2D eigenvalue weighted by atomic mass is 9.79. The SMILES string of the molecule is CC#CC#CC#CC#CC1CCC(c2ccc(-c3ccc(OC(=O)c4cc(N)cc(N)c4)cc3)cc2)CC1. The van der Waals surface area contributed by atoms with Crippen molar-refractivity contribution in [3.63, 3.8) is 0 Å². The molecular formula is C34H28N2O2. The molecule has 38 heavy (non-hydrogen) atoms. The molecule has 4 rings (SSSR count). The van der Waals surface area contributed by atoms with Crippen molar-refractivity contribution in [3.05, 3.63) is 77.9 Å². The molecule has 4 N–H and O–H groups in total. The molecule has 1 aliphatic rings. The number of nitrogen functional groups attached to an aromatic ring is 2. The zero-order valence-corrected chi connectivity index (χ0v) is 21.3. The number of ether oxygens (including phenoxy) is 1. The third-order valence-corrected chi connectivity index (χ3v) is 6.43. The van der Waals surface area contributed by atoms with Crippen LogP contribution in [0.4, 0.5) is 11.4 Å². The van der Waals surface area contributed by atoms with Crippen LogP contribution in [0.1, 0.15) is 54.4 Å². The molecule has 3 aromatic carbocycles. The normalized spacial score (nSPS) is 15.6. The molecule has 0 atom stereocenters. The van der Waals surface area contributed by atoms with Gasteiger partial charge in [0, 0.05) is 17.3 Å². The number of rotatable bonds is 4. The maximum absolute atomic E-state index is 12.4. The van der Waals surface area contributed by atoms with Crippen LogP contribution in [0.15, 0.2) is 66.7 Å². The average molecular weight is 497 g/mol. The molecule has 0 bridgehead atoms. The van der Waals surface area contributed by atoms with Crippen LogP contribution in [0, 0.1) is 53.3 Å². The Kier molecular flexibility index (Phi) is 8.76. The van der Waals surface area contributed by atoms with Crippen molar-refractivity contribution in [1.82, 2.24) is 0 Å². The molecule has 0 heterocycles. The monoisotopic (exact) mass is 496 g/mol. The first-order valence-electron chi connectivity index (χ1n) is 12.5. The summed E-state index contributed by atoms with van der Waals surface area (Å²) in [5.41, 5.74) is 16.2. The van der Waals surface area contributed by atoms with Gasteiger partial charge in [-0.3, -0.25) is 0 Å². The number of hydrogen-bond acceptors (Lipinski definition) is 4. The van der Waals surface area contributed by atoms with Gasteiger partial charge in [0.05, 0.1) is 5.56 Å². The van der Waals surface area contributed by atoms with E-state index in [-0.39, 0.29) is 0 Å². The second kappa shape index (κ2) is 12.8. The molecule has 1 saturated carbocycles. The topological polar surface area (TPSA) is 78.3 Å². The zero-order chi connectivity index (χ0) is 26.7. The minimum atomic E-state index is -0.498. The lowest BCUT2D eigenvalue weighted by Gasteiger charge is -2.26. The van der Waals surface area contributed by atoms with Crippen molar-refractivity contribution in [2.75, 3.05) is 11.5 Å². The zero-order valence-electron chi connectivity index (χ0n) is 21.3. The van der Waals surface area contributed by atoms with Gasteiger partial charge >= 0.3 is 5.97 Å². The highest BCUT2D eigenvalue weighted by molar-refractivity contribution is 5.93. The smallest absolute Gasteiger partial charge is 0.343 e. The van der Waals surface area contributed by atoms with E-state index in [9.17, 15) is 4.79 Å². The second-order valence-electron chi connectivity index (χ2n) is 9.12. The van der Waals surface area contributed by atoms with Crippen molar-refractivity contribution in [2.45, 2.75) is 38.5 Å². The van der Waals surface area contributed by atoms with Crippen LogP contribution in [0.25, 0.3) is 11.1 Å². The van der Waals surface area contributed by atoms with Gasteiger partial charge in [-0.25, -0.2) is 4.79 Å². The third kappa shape index (κ3) is 7.24. The summed E-state index contributed by atoms with van der Waals surface area (Å²) in [6, 6.07) is 20.9. The largest absolute Gasteiger partial charge is 0.423 e. The van der Waals surface area contributed by atoms with Crippen LogP contribution >= 0.6 is 0 Å². The molecule has 186 valence electrons. The molecule has 0 saturated heterocycles. The minimum Gasteiger partial charge on any atom is -0.423 e. The lowest BCUT2D eigenvalue weighted by molar-refractivity contribution is 0.0735. The number of carbonyl (C=O) groups is 1. The standard InChI is InChI=1S/C34H28N2O2/c1-2-3-4-5-6-7-8-9-25-10-12-26(13-11-25)27-14-16-28(17-15-27)29-18-20-33(21-19-29)38-34(37)30-22-31(35)24-32(36)23-30/h14-26H,10-13,35-36H2,1H3. The molecule has 0 radical (unpaired) electrons. The van der Waals surface area contributed by atoms with E-state index in [0.717, 1.165) is 36.8 Å². The van der Waals surface area contributed by atoms with Crippen LogP contribution in [0.3, 0.4) is 0 Å². The van der Waals surface area contributed by atoms with Gasteiger partial charge in [-0.2, -0.15) is 0 Å². The minimum absolute atomic E-state index is 0.320. The first-order chi connectivity index (χ1) is 18.5. The van der Waals surface area contributed by atoms with Crippen LogP contribution in [0.2, 0.25) is 0 Å². The molecule has 4 nitrogen and oxygen atoms in total. The van der Waals surface area contributed by atoms with Crippen LogP contribution in [-0.2, 0) is 0 Å². The summed E-state index contributed by atoms with van der Waals surface area (Å²) in [6.07, 6.45) is 4.40. The van der Waals surface area contributed by atoms with E-state index < -0.39 is 5.97 Å². The maximum atomic E-state index is 12.4. The highest BCUT2D eigenvalue weighted by Gasteiger charge is 2.21. The predicted molar refractivity (Wildman–Crippen MR) is 154 cm³/mol.